The minimum Gasteiger partial charge on any atom is -0.0985 e. The molecule has 0 unspecified atom stereocenters. The zero-order valence-electron chi connectivity index (χ0n) is 11.9. The van der Waals surface area contributed by atoms with Crippen molar-refractivity contribution in [3.05, 3.63) is 103 Å². The molecule has 0 fully saturated rings. The molecule has 3 aromatic rings. The van der Waals surface area contributed by atoms with Gasteiger partial charge in [-0.05, 0) is 16.2 Å². The molecule has 0 atom stereocenters. The van der Waals surface area contributed by atoms with Crippen molar-refractivity contribution < 1.29 is 0 Å². The van der Waals surface area contributed by atoms with Crippen LogP contribution in [0.4, 0.5) is 0 Å². The summed E-state index contributed by atoms with van der Waals surface area (Å²) < 4.78 is 0. The van der Waals surface area contributed by atoms with Gasteiger partial charge in [0.25, 0.3) is 0 Å². The molecular weight excluding hydrogens is 271 g/mol. The first-order valence-electron chi connectivity index (χ1n) is 6.93. The Morgan fingerprint density at radius 3 is 1.29 bits per heavy atom. The highest BCUT2D eigenvalue weighted by molar-refractivity contribution is 7.55. The predicted octanol–water partition coefficient (Wildman–Crippen LogP) is 4.65. The molecule has 0 saturated carbocycles. The van der Waals surface area contributed by atoms with E-state index in [1.165, 1.54) is 16.2 Å². The van der Waals surface area contributed by atoms with E-state index in [-0.39, 0.29) is 0 Å². The quantitative estimate of drug-likeness (QED) is 0.616. The molecule has 0 amide bonds. The van der Waals surface area contributed by atoms with Crippen LogP contribution >= 0.6 is 8.58 Å². The summed E-state index contributed by atoms with van der Waals surface area (Å²) in [4.78, 5) is 0. The summed E-state index contributed by atoms with van der Waals surface area (Å²) in [5.41, 5.74) is 1.17. The van der Waals surface area contributed by atoms with Gasteiger partial charge >= 0.3 is 0 Å². The first-order valence-corrected chi connectivity index (χ1v) is 7.93. The van der Waals surface area contributed by atoms with E-state index < -0.39 is 0 Å². The molecule has 3 aromatic carbocycles. The fourth-order valence-corrected chi connectivity index (χ4v) is 2.85. The highest BCUT2D eigenvalue weighted by Gasteiger charge is 1.92. The lowest BCUT2D eigenvalue weighted by atomic mass is 10.2. The lowest BCUT2D eigenvalue weighted by Gasteiger charge is -2.00. The maximum atomic E-state index is 3.63. The first-order chi connectivity index (χ1) is 10.4. The third-order valence-electron chi connectivity index (χ3n) is 2.87. The lowest BCUT2D eigenvalue weighted by Crippen LogP contribution is -2.01. The average molecular weight is 290 g/mol. The predicted molar refractivity (Wildman–Crippen MR) is 97.0 cm³/mol. The SMILES string of the molecule is C=Cc1ccccc1.c1ccc(Pc2ccccc2)cc1. The number of hydrogen-bond acceptors (Lipinski definition) is 0. The second-order valence-electron chi connectivity index (χ2n) is 4.47. The van der Waals surface area contributed by atoms with E-state index >= 15 is 0 Å². The van der Waals surface area contributed by atoms with Crippen LogP contribution in [0.5, 0.6) is 0 Å². The van der Waals surface area contributed by atoms with Crippen LogP contribution in [-0.2, 0) is 0 Å². The highest BCUT2D eigenvalue weighted by Crippen LogP contribution is 2.08. The van der Waals surface area contributed by atoms with Gasteiger partial charge in [-0.25, -0.2) is 0 Å². The molecule has 0 radical (unpaired) electrons. The lowest BCUT2D eigenvalue weighted by molar-refractivity contribution is 1.67. The summed E-state index contributed by atoms with van der Waals surface area (Å²) in [5.74, 6) is 0. The molecule has 3 rings (SSSR count). The Morgan fingerprint density at radius 1 is 0.571 bits per heavy atom. The Hall–Kier alpha value is -2.17. The van der Waals surface area contributed by atoms with E-state index in [4.69, 9.17) is 0 Å². The number of hydrogen-bond donors (Lipinski definition) is 0. The van der Waals surface area contributed by atoms with Crippen LogP contribution in [0.2, 0.25) is 0 Å². The van der Waals surface area contributed by atoms with Crippen LogP contribution in [0.15, 0.2) is 97.6 Å². The van der Waals surface area contributed by atoms with E-state index in [1.807, 2.05) is 36.4 Å². The Balaban J connectivity index is 0.000000173. The molecule has 0 aliphatic rings. The third-order valence-corrected chi connectivity index (χ3v) is 4.12. The summed E-state index contributed by atoms with van der Waals surface area (Å²) in [6.07, 6.45) is 1.83. The van der Waals surface area contributed by atoms with Crippen LogP contribution in [0.1, 0.15) is 5.56 Å². The molecule has 0 saturated heterocycles. The van der Waals surface area contributed by atoms with E-state index in [1.54, 1.807) is 0 Å². The van der Waals surface area contributed by atoms with Gasteiger partial charge in [0.2, 0.25) is 0 Å². The molecular formula is C20H19P. The first kappa shape index (κ1) is 15.2. The van der Waals surface area contributed by atoms with Gasteiger partial charge in [0.15, 0.2) is 0 Å². The smallest absolute Gasteiger partial charge is 0.0226 e. The fourth-order valence-electron chi connectivity index (χ4n) is 1.80. The molecule has 0 heterocycles. The number of rotatable bonds is 3. The molecule has 0 aliphatic heterocycles. The zero-order valence-corrected chi connectivity index (χ0v) is 12.9. The molecule has 0 aliphatic carbocycles. The van der Waals surface area contributed by atoms with Crippen LogP contribution in [0.25, 0.3) is 6.08 Å². The van der Waals surface area contributed by atoms with Gasteiger partial charge in [0.1, 0.15) is 0 Å². The minimum absolute atomic E-state index is 0.777. The summed E-state index contributed by atoms with van der Waals surface area (Å²) in [5, 5.41) is 2.79. The second-order valence-corrected chi connectivity index (χ2v) is 5.88. The Bertz CT molecular complexity index is 593. The van der Waals surface area contributed by atoms with E-state index in [0.717, 1.165) is 8.58 Å². The van der Waals surface area contributed by atoms with Crippen molar-refractivity contribution in [2.24, 2.45) is 0 Å². The molecule has 0 spiro atoms. The van der Waals surface area contributed by atoms with Crippen molar-refractivity contribution in [2.75, 3.05) is 0 Å². The van der Waals surface area contributed by atoms with Crippen LogP contribution in [0, 0.1) is 0 Å². The zero-order chi connectivity index (χ0) is 14.8. The Labute approximate surface area is 129 Å². The molecule has 1 heteroatoms. The molecule has 104 valence electrons. The van der Waals surface area contributed by atoms with Gasteiger partial charge in [0.05, 0.1) is 0 Å². The number of benzene rings is 3. The Morgan fingerprint density at radius 2 is 0.952 bits per heavy atom. The largest absolute Gasteiger partial charge is 0.0985 e. The van der Waals surface area contributed by atoms with Crippen LogP contribution in [0.3, 0.4) is 0 Å². The minimum atomic E-state index is 0.777. The summed E-state index contributed by atoms with van der Waals surface area (Å²) in [6.45, 7) is 3.63. The van der Waals surface area contributed by atoms with Gasteiger partial charge < -0.3 is 0 Å². The molecule has 0 N–H and O–H groups in total. The van der Waals surface area contributed by atoms with Gasteiger partial charge in [0, 0.05) is 0 Å². The van der Waals surface area contributed by atoms with Crippen molar-refractivity contribution >= 4 is 25.3 Å². The molecule has 0 bridgehead atoms. The van der Waals surface area contributed by atoms with Crippen LogP contribution < -0.4 is 10.6 Å². The Kier molecular flexibility index (Phi) is 6.45. The van der Waals surface area contributed by atoms with E-state index in [0.29, 0.717) is 0 Å². The molecule has 0 aromatic heterocycles. The molecule has 21 heavy (non-hydrogen) atoms. The third kappa shape index (κ3) is 5.77. The molecule has 0 nitrogen and oxygen atoms in total. The standard InChI is InChI=1S/C12H11P.C8H8/c1-3-7-11(8-4-1)13-12-9-5-2-6-10-12;1-2-8-6-4-3-5-7-8/h1-10,13H;2-7H,1H2. The van der Waals surface area contributed by atoms with Gasteiger partial charge in [-0.15, -0.1) is 0 Å². The second kappa shape index (κ2) is 8.89. The summed E-state index contributed by atoms with van der Waals surface area (Å²) >= 11 is 0. The van der Waals surface area contributed by atoms with E-state index in [9.17, 15) is 0 Å². The topological polar surface area (TPSA) is 0 Å². The van der Waals surface area contributed by atoms with Crippen molar-refractivity contribution in [1.82, 2.24) is 0 Å². The monoisotopic (exact) mass is 290 g/mol. The van der Waals surface area contributed by atoms with Gasteiger partial charge in [-0.3, -0.25) is 0 Å². The van der Waals surface area contributed by atoms with Crippen molar-refractivity contribution in [3.8, 4) is 0 Å². The maximum Gasteiger partial charge on any atom is -0.0226 e. The van der Waals surface area contributed by atoms with E-state index in [2.05, 4.69) is 67.2 Å². The average Bonchev–Trinajstić information content (AvgIpc) is 2.58. The van der Waals surface area contributed by atoms with Crippen LogP contribution in [-0.4, -0.2) is 0 Å². The normalized spacial score (nSPS) is 9.33. The van der Waals surface area contributed by atoms with Crippen molar-refractivity contribution in [3.63, 3.8) is 0 Å². The van der Waals surface area contributed by atoms with Crippen molar-refractivity contribution in [1.29, 1.82) is 0 Å². The summed E-state index contributed by atoms with van der Waals surface area (Å²) in [6, 6.07) is 31.2. The van der Waals surface area contributed by atoms with Gasteiger partial charge in [-0.2, -0.15) is 0 Å². The summed E-state index contributed by atoms with van der Waals surface area (Å²) in [7, 11) is 0.777. The van der Waals surface area contributed by atoms with Crippen molar-refractivity contribution in [2.45, 2.75) is 0 Å². The fraction of sp³-hybridized carbons (Fsp3) is 0. The maximum absolute atomic E-state index is 3.63. The van der Waals surface area contributed by atoms with Gasteiger partial charge in [-0.1, -0.05) is 112 Å². The highest BCUT2D eigenvalue weighted by atomic mass is 31.1.